The molecule has 0 unspecified atom stereocenters. The molecule has 0 aliphatic heterocycles. The van der Waals surface area contributed by atoms with Gasteiger partial charge in [-0.2, -0.15) is 5.26 Å². The smallest absolute Gasteiger partial charge is 0.478 e. The topological polar surface area (TPSA) is 114 Å². The van der Waals surface area contributed by atoms with Crippen LogP contribution >= 0.6 is 0 Å². The molecule has 0 saturated heterocycles. The second-order valence-electron chi connectivity index (χ2n) is 8.40. The zero-order valence-corrected chi connectivity index (χ0v) is 19.9. The van der Waals surface area contributed by atoms with Gasteiger partial charge in [-0.05, 0) is 50.2 Å². The van der Waals surface area contributed by atoms with Crippen LogP contribution in [0.4, 0.5) is 13.2 Å². The van der Waals surface area contributed by atoms with Gasteiger partial charge in [0.2, 0.25) is 0 Å². The van der Waals surface area contributed by atoms with Gasteiger partial charge in [0, 0.05) is 40.0 Å². The number of aryl methyl sites for hydroxylation is 2. The number of benzene rings is 2. The first-order chi connectivity index (χ1) is 18.1. The van der Waals surface area contributed by atoms with E-state index in [9.17, 15) is 28.3 Å². The summed E-state index contributed by atoms with van der Waals surface area (Å²) in [4.78, 5) is 16.1. The first-order valence-electron chi connectivity index (χ1n) is 11.1. The first kappa shape index (κ1) is 24.6. The van der Waals surface area contributed by atoms with Crippen LogP contribution in [0.5, 0.6) is 5.75 Å². The molecular weight excluding hydrogens is 501 g/mol. The predicted octanol–water partition coefficient (Wildman–Crippen LogP) is 6.43. The van der Waals surface area contributed by atoms with E-state index in [2.05, 4.69) is 20.9 Å². The van der Waals surface area contributed by atoms with Crippen molar-refractivity contribution >= 4 is 17.0 Å². The molecule has 0 amide bonds. The van der Waals surface area contributed by atoms with Crippen LogP contribution in [0.1, 0.15) is 27.4 Å². The number of hydrogen-bond donors (Lipinski definition) is 1. The molecule has 0 atom stereocenters. The number of fused-ring (bicyclic) bond motifs is 1. The fourth-order valence-corrected chi connectivity index (χ4v) is 4.40. The van der Waals surface area contributed by atoms with Crippen LogP contribution in [-0.2, 0) is 0 Å². The van der Waals surface area contributed by atoms with Crippen LogP contribution in [0.15, 0.2) is 65.4 Å². The number of ether oxygens (including phenoxy) is 1. The molecule has 0 radical (unpaired) electrons. The van der Waals surface area contributed by atoms with Crippen LogP contribution in [0, 0.1) is 25.2 Å². The van der Waals surface area contributed by atoms with Crippen molar-refractivity contribution in [3.8, 4) is 39.8 Å². The number of aromatic nitrogens is 3. The molecule has 0 aliphatic rings. The van der Waals surface area contributed by atoms with Crippen LogP contribution in [-0.4, -0.2) is 32.1 Å². The van der Waals surface area contributed by atoms with Crippen molar-refractivity contribution in [2.45, 2.75) is 20.2 Å². The Morgan fingerprint density at radius 2 is 1.89 bits per heavy atom. The number of alkyl halides is 3. The second kappa shape index (κ2) is 9.08. The Morgan fingerprint density at radius 1 is 1.13 bits per heavy atom. The third kappa shape index (κ3) is 4.32. The summed E-state index contributed by atoms with van der Waals surface area (Å²) in [6.45, 7) is 3.49. The standard InChI is InChI=1S/C27H17F3N4O4/c1-14-24(15(2)38-33-14)18-9-20-21(19-8-7-16(26(35)36)10-23(19)37-27(28,29)30)13-34(25(20)32-12-18)22-6-4-3-5-17(22)11-31/h3-10,12-13H,1-2H3,(H,35,36). The molecule has 190 valence electrons. The summed E-state index contributed by atoms with van der Waals surface area (Å²) in [5, 5.41) is 23.4. The quantitative estimate of drug-likeness (QED) is 0.285. The minimum absolute atomic E-state index is 0.0109. The Hall–Kier alpha value is -5.11. The second-order valence-corrected chi connectivity index (χ2v) is 8.40. The average Bonchev–Trinajstić information content (AvgIpc) is 3.41. The largest absolute Gasteiger partial charge is 0.573 e. The maximum atomic E-state index is 13.4. The molecule has 0 bridgehead atoms. The van der Waals surface area contributed by atoms with Crippen molar-refractivity contribution in [2.24, 2.45) is 0 Å². The highest BCUT2D eigenvalue weighted by molar-refractivity contribution is 6.00. The van der Waals surface area contributed by atoms with Gasteiger partial charge in [-0.15, -0.1) is 13.2 Å². The number of rotatable bonds is 5. The van der Waals surface area contributed by atoms with E-state index in [1.54, 1.807) is 61.1 Å². The van der Waals surface area contributed by atoms with Gasteiger partial charge in [0.15, 0.2) is 0 Å². The van der Waals surface area contributed by atoms with Crippen LogP contribution in [0.2, 0.25) is 0 Å². The van der Waals surface area contributed by atoms with Crippen molar-refractivity contribution in [1.82, 2.24) is 14.7 Å². The van der Waals surface area contributed by atoms with Gasteiger partial charge in [0.25, 0.3) is 0 Å². The summed E-state index contributed by atoms with van der Waals surface area (Å²) in [7, 11) is 0. The Balaban J connectivity index is 1.84. The summed E-state index contributed by atoms with van der Waals surface area (Å²) < 4.78 is 51.2. The van der Waals surface area contributed by atoms with Crippen molar-refractivity contribution < 1.29 is 32.3 Å². The third-order valence-electron chi connectivity index (χ3n) is 5.99. The summed E-state index contributed by atoms with van der Waals surface area (Å²) in [6.07, 6.45) is -1.94. The molecule has 0 fully saturated rings. The maximum absolute atomic E-state index is 13.4. The van der Waals surface area contributed by atoms with Gasteiger partial charge < -0.3 is 14.4 Å². The lowest BCUT2D eigenvalue weighted by molar-refractivity contribution is -0.274. The van der Waals surface area contributed by atoms with E-state index in [-0.39, 0.29) is 16.7 Å². The molecular formula is C27H17F3N4O4. The minimum atomic E-state index is -5.07. The summed E-state index contributed by atoms with van der Waals surface area (Å²) in [5.74, 6) is -1.56. The Labute approximate surface area is 213 Å². The summed E-state index contributed by atoms with van der Waals surface area (Å²) in [5.41, 5.74) is 2.94. The van der Waals surface area contributed by atoms with Crippen LogP contribution < -0.4 is 4.74 Å². The first-order valence-corrected chi connectivity index (χ1v) is 11.1. The molecule has 3 aromatic heterocycles. The molecule has 11 heteroatoms. The fourth-order valence-electron chi connectivity index (χ4n) is 4.40. The number of nitrogens with zero attached hydrogens (tertiary/aromatic N) is 4. The average molecular weight is 518 g/mol. The molecule has 5 rings (SSSR count). The van der Waals surface area contributed by atoms with E-state index in [1.807, 2.05) is 0 Å². The van der Waals surface area contributed by atoms with Crippen LogP contribution in [0.3, 0.4) is 0 Å². The molecule has 3 heterocycles. The van der Waals surface area contributed by atoms with Crippen molar-refractivity contribution in [3.05, 3.63) is 83.5 Å². The molecule has 1 N–H and O–H groups in total. The van der Waals surface area contributed by atoms with Gasteiger partial charge in [-0.1, -0.05) is 17.3 Å². The Kier molecular flexibility index (Phi) is 5.87. The van der Waals surface area contributed by atoms with E-state index < -0.39 is 18.1 Å². The predicted molar refractivity (Wildman–Crippen MR) is 130 cm³/mol. The molecule has 0 aliphatic carbocycles. The molecule has 8 nitrogen and oxygen atoms in total. The number of carboxylic acid groups (broad SMARTS) is 1. The fraction of sp³-hybridized carbons (Fsp3) is 0.111. The molecule has 0 saturated carbocycles. The van der Waals surface area contributed by atoms with Crippen molar-refractivity contribution in [2.75, 3.05) is 0 Å². The van der Waals surface area contributed by atoms with E-state index in [1.165, 1.54) is 12.1 Å². The van der Waals surface area contributed by atoms with Crippen LogP contribution in [0.25, 0.3) is 39.0 Å². The van der Waals surface area contributed by atoms with E-state index in [4.69, 9.17) is 4.52 Å². The Bertz CT molecular complexity index is 1740. The summed E-state index contributed by atoms with van der Waals surface area (Å²) >= 11 is 0. The molecule has 0 spiro atoms. The number of nitriles is 1. The maximum Gasteiger partial charge on any atom is 0.573 e. The minimum Gasteiger partial charge on any atom is -0.478 e. The highest BCUT2D eigenvalue weighted by Gasteiger charge is 2.33. The summed E-state index contributed by atoms with van der Waals surface area (Å²) in [6, 6.07) is 13.8. The molecule has 2 aromatic carbocycles. The van der Waals surface area contributed by atoms with Gasteiger partial charge in [0.1, 0.15) is 23.2 Å². The number of halogens is 3. The number of hydrogen-bond acceptors (Lipinski definition) is 6. The number of aromatic carboxylic acids is 1. The van der Waals surface area contributed by atoms with Crippen molar-refractivity contribution in [1.29, 1.82) is 5.26 Å². The lowest BCUT2D eigenvalue weighted by Crippen LogP contribution is -2.18. The zero-order valence-electron chi connectivity index (χ0n) is 19.9. The number of carbonyl (C=O) groups is 1. The normalized spacial score (nSPS) is 11.5. The zero-order chi connectivity index (χ0) is 27.2. The van der Waals surface area contributed by atoms with E-state index >= 15 is 0 Å². The SMILES string of the molecule is Cc1noc(C)c1-c1cnc2c(c1)c(-c1ccc(C(=O)O)cc1OC(F)(F)F)cn2-c1ccccc1C#N. The third-order valence-corrected chi connectivity index (χ3v) is 5.99. The molecule has 5 aromatic rings. The van der Waals surface area contributed by atoms with Gasteiger partial charge in [0.05, 0.1) is 22.5 Å². The monoisotopic (exact) mass is 518 g/mol. The van der Waals surface area contributed by atoms with Gasteiger partial charge >= 0.3 is 12.3 Å². The number of pyridine rings is 1. The Morgan fingerprint density at radius 3 is 2.55 bits per heavy atom. The lowest BCUT2D eigenvalue weighted by atomic mass is 10.00. The highest BCUT2D eigenvalue weighted by Crippen LogP contribution is 2.41. The highest BCUT2D eigenvalue weighted by atomic mass is 19.4. The van der Waals surface area contributed by atoms with Gasteiger partial charge in [-0.3, -0.25) is 4.57 Å². The number of carboxylic acids is 1. The lowest BCUT2D eigenvalue weighted by Gasteiger charge is -2.14. The van der Waals surface area contributed by atoms with E-state index in [0.29, 0.717) is 44.9 Å². The van der Waals surface area contributed by atoms with Crippen molar-refractivity contribution in [3.63, 3.8) is 0 Å². The number of para-hydroxylation sites is 1. The van der Waals surface area contributed by atoms with Gasteiger partial charge in [-0.25, -0.2) is 9.78 Å². The molecule has 38 heavy (non-hydrogen) atoms. The van der Waals surface area contributed by atoms with E-state index in [0.717, 1.165) is 6.07 Å².